The number of hydrogen-bond donors (Lipinski definition) is 3. The molecular formula is C20H18N2O2. The molecule has 120 valence electrons. The van der Waals surface area contributed by atoms with Crippen LogP contribution in [-0.2, 0) is 6.54 Å². The Balaban J connectivity index is 2.04. The van der Waals surface area contributed by atoms with Gasteiger partial charge < -0.3 is 20.5 Å². The van der Waals surface area contributed by atoms with Crippen LogP contribution in [0.3, 0.4) is 0 Å². The molecule has 0 aliphatic rings. The molecule has 1 heterocycles. The number of nitrogens with zero attached hydrogens (tertiary/aromatic N) is 1. The maximum atomic E-state index is 9.49. The second-order valence-electron chi connectivity index (χ2n) is 5.90. The first-order valence-corrected chi connectivity index (χ1v) is 7.90. The maximum absolute atomic E-state index is 9.49. The fourth-order valence-corrected chi connectivity index (χ4v) is 3.34. The molecule has 0 aliphatic carbocycles. The van der Waals surface area contributed by atoms with Crippen LogP contribution >= 0.6 is 0 Å². The van der Waals surface area contributed by atoms with Gasteiger partial charge in [-0.2, -0.15) is 0 Å². The van der Waals surface area contributed by atoms with E-state index in [0.717, 1.165) is 32.9 Å². The van der Waals surface area contributed by atoms with Crippen LogP contribution in [0.15, 0.2) is 60.7 Å². The molecule has 1 aromatic heterocycles. The van der Waals surface area contributed by atoms with Crippen LogP contribution < -0.4 is 5.73 Å². The monoisotopic (exact) mass is 318 g/mol. The summed E-state index contributed by atoms with van der Waals surface area (Å²) in [5.74, 6) is 0.234. The summed E-state index contributed by atoms with van der Waals surface area (Å²) >= 11 is 0. The van der Waals surface area contributed by atoms with Crippen LogP contribution in [0.4, 0.5) is 5.69 Å². The lowest BCUT2D eigenvalue weighted by Crippen LogP contribution is -2.02. The number of aliphatic hydroxyl groups excluding tert-OH is 1. The van der Waals surface area contributed by atoms with Gasteiger partial charge in [-0.25, -0.2) is 0 Å². The number of aromatic nitrogens is 1. The highest BCUT2D eigenvalue weighted by Gasteiger charge is 2.13. The molecule has 4 heteroatoms. The van der Waals surface area contributed by atoms with Gasteiger partial charge in [0, 0.05) is 34.1 Å². The predicted octanol–water partition coefficient (Wildman–Crippen LogP) is 3.74. The molecule has 4 aromatic rings. The second-order valence-corrected chi connectivity index (χ2v) is 5.90. The van der Waals surface area contributed by atoms with Crippen molar-refractivity contribution in [2.24, 2.45) is 0 Å². The molecule has 0 amide bonds. The normalized spacial score (nSPS) is 11.4. The average Bonchev–Trinajstić information content (AvgIpc) is 2.89. The SMILES string of the molecule is Nc1cc2c(cc1-c1ccc(O)cc1)c1ccccc1n2CCO. The molecule has 3 aromatic carbocycles. The number of phenolic OH excluding ortho intramolecular Hbond substituents is 1. The van der Waals surface area contributed by atoms with E-state index in [1.54, 1.807) is 12.1 Å². The largest absolute Gasteiger partial charge is 0.508 e. The number of rotatable bonds is 3. The summed E-state index contributed by atoms with van der Waals surface area (Å²) in [6.07, 6.45) is 0. The first kappa shape index (κ1) is 14.6. The lowest BCUT2D eigenvalue weighted by Gasteiger charge is -2.09. The lowest BCUT2D eigenvalue weighted by atomic mass is 10.0. The number of aliphatic hydroxyl groups is 1. The van der Waals surface area contributed by atoms with Crippen LogP contribution in [0.5, 0.6) is 5.75 Å². The predicted molar refractivity (Wildman–Crippen MR) is 98.0 cm³/mol. The first-order chi connectivity index (χ1) is 11.7. The number of phenols is 1. The number of fused-ring (bicyclic) bond motifs is 3. The third-order valence-electron chi connectivity index (χ3n) is 4.45. The van der Waals surface area contributed by atoms with E-state index >= 15 is 0 Å². The molecule has 0 saturated heterocycles. The van der Waals surface area contributed by atoms with Crippen molar-refractivity contribution in [3.05, 3.63) is 60.7 Å². The van der Waals surface area contributed by atoms with Crippen LogP contribution in [0.1, 0.15) is 0 Å². The maximum Gasteiger partial charge on any atom is 0.115 e. The lowest BCUT2D eigenvalue weighted by molar-refractivity contribution is 0.280. The fraction of sp³-hybridized carbons (Fsp3) is 0.100. The van der Waals surface area contributed by atoms with Crippen molar-refractivity contribution < 1.29 is 10.2 Å². The third kappa shape index (κ3) is 2.20. The van der Waals surface area contributed by atoms with Crippen molar-refractivity contribution in [2.75, 3.05) is 12.3 Å². The van der Waals surface area contributed by atoms with Gasteiger partial charge in [0.25, 0.3) is 0 Å². The van der Waals surface area contributed by atoms with Gasteiger partial charge in [0.05, 0.1) is 12.1 Å². The van der Waals surface area contributed by atoms with E-state index in [-0.39, 0.29) is 12.4 Å². The molecular weight excluding hydrogens is 300 g/mol. The highest BCUT2D eigenvalue weighted by atomic mass is 16.3. The Morgan fingerprint density at radius 3 is 2.38 bits per heavy atom. The number of aromatic hydroxyl groups is 1. The zero-order valence-electron chi connectivity index (χ0n) is 13.1. The standard InChI is InChI=1S/C20H18N2O2/c21-18-12-20-17(11-16(18)13-5-7-14(24)8-6-13)15-3-1-2-4-19(15)22(20)9-10-23/h1-8,11-12,23-24H,9-10,21H2. The Morgan fingerprint density at radius 1 is 0.875 bits per heavy atom. The van der Waals surface area contributed by atoms with Gasteiger partial charge in [-0.05, 0) is 35.9 Å². The minimum atomic E-state index is 0.0768. The Bertz CT molecular complexity index is 1030. The van der Waals surface area contributed by atoms with Crippen molar-refractivity contribution in [3.63, 3.8) is 0 Å². The summed E-state index contributed by atoms with van der Waals surface area (Å²) < 4.78 is 2.10. The van der Waals surface area contributed by atoms with Crippen LogP contribution in [-0.4, -0.2) is 21.4 Å². The Hall–Kier alpha value is -2.98. The zero-order chi connectivity index (χ0) is 16.7. The topological polar surface area (TPSA) is 71.4 Å². The smallest absolute Gasteiger partial charge is 0.115 e. The van der Waals surface area contributed by atoms with Crippen molar-refractivity contribution in [3.8, 4) is 16.9 Å². The van der Waals surface area contributed by atoms with Gasteiger partial charge in [0.1, 0.15) is 5.75 Å². The number of nitrogen functional groups attached to an aromatic ring is 1. The van der Waals surface area contributed by atoms with Crippen LogP contribution in [0, 0.1) is 0 Å². The highest BCUT2D eigenvalue weighted by molar-refractivity contribution is 6.11. The summed E-state index contributed by atoms with van der Waals surface area (Å²) in [6, 6.07) is 19.3. The van der Waals surface area contributed by atoms with Gasteiger partial charge in [0.2, 0.25) is 0 Å². The van der Waals surface area contributed by atoms with Crippen molar-refractivity contribution in [1.29, 1.82) is 0 Å². The fourth-order valence-electron chi connectivity index (χ4n) is 3.34. The summed E-state index contributed by atoms with van der Waals surface area (Å²) in [5, 5.41) is 21.1. The summed E-state index contributed by atoms with van der Waals surface area (Å²) in [7, 11) is 0. The number of hydrogen-bond acceptors (Lipinski definition) is 3. The number of benzene rings is 3. The zero-order valence-corrected chi connectivity index (χ0v) is 13.1. The minimum Gasteiger partial charge on any atom is -0.508 e. The summed E-state index contributed by atoms with van der Waals surface area (Å²) in [5.41, 5.74) is 11.0. The van der Waals surface area contributed by atoms with Crippen molar-refractivity contribution in [1.82, 2.24) is 4.57 Å². The molecule has 0 bridgehead atoms. The van der Waals surface area contributed by atoms with Gasteiger partial charge >= 0.3 is 0 Å². The molecule has 0 fully saturated rings. The van der Waals surface area contributed by atoms with Crippen LogP contribution in [0.2, 0.25) is 0 Å². The Morgan fingerprint density at radius 2 is 1.62 bits per heavy atom. The third-order valence-corrected chi connectivity index (χ3v) is 4.45. The van der Waals surface area contributed by atoms with Crippen molar-refractivity contribution in [2.45, 2.75) is 6.54 Å². The number of anilines is 1. The van der Waals surface area contributed by atoms with Gasteiger partial charge in [-0.1, -0.05) is 30.3 Å². The van der Waals surface area contributed by atoms with Gasteiger partial charge in [-0.15, -0.1) is 0 Å². The number of para-hydroxylation sites is 1. The average molecular weight is 318 g/mol. The van der Waals surface area contributed by atoms with Gasteiger partial charge in [-0.3, -0.25) is 0 Å². The molecule has 0 aliphatic heterocycles. The molecule has 4 N–H and O–H groups in total. The molecule has 0 saturated carbocycles. The first-order valence-electron chi connectivity index (χ1n) is 7.90. The molecule has 4 rings (SSSR count). The molecule has 0 unspecified atom stereocenters. The molecule has 0 radical (unpaired) electrons. The van der Waals surface area contributed by atoms with Crippen LogP contribution in [0.25, 0.3) is 32.9 Å². The van der Waals surface area contributed by atoms with E-state index in [9.17, 15) is 10.2 Å². The summed E-state index contributed by atoms with van der Waals surface area (Å²) in [6.45, 7) is 0.607. The van der Waals surface area contributed by atoms with E-state index in [0.29, 0.717) is 12.2 Å². The van der Waals surface area contributed by atoms with Gasteiger partial charge in [0.15, 0.2) is 0 Å². The Labute approximate surface area is 139 Å². The van der Waals surface area contributed by atoms with E-state index in [4.69, 9.17) is 5.73 Å². The molecule has 0 spiro atoms. The molecule has 4 nitrogen and oxygen atoms in total. The molecule has 24 heavy (non-hydrogen) atoms. The Kier molecular flexibility index (Phi) is 3.40. The minimum absolute atomic E-state index is 0.0768. The highest BCUT2D eigenvalue weighted by Crippen LogP contribution is 2.36. The summed E-state index contributed by atoms with van der Waals surface area (Å²) in [4.78, 5) is 0. The van der Waals surface area contributed by atoms with E-state index in [1.807, 2.05) is 30.3 Å². The second kappa shape index (κ2) is 5.58. The number of nitrogens with two attached hydrogens (primary N) is 1. The van der Waals surface area contributed by atoms with E-state index in [1.165, 1.54) is 0 Å². The van der Waals surface area contributed by atoms with Crippen molar-refractivity contribution >= 4 is 27.5 Å². The van der Waals surface area contributed by atoms with E-state index < -0.39 is 0 Å². The van der Waals surface area contributed by atoms with E-state index in [2.05, 4.69) is 22.8 Å². The quantitative estimate of drug-likeness (QED) is 0.504. The molecule has 0 atom stereocenters.